The van der Waals surface area contributed by atoms with E-state index in [1.165, 1.54) is 0 Å². The van der Waals surface area contributed by atoms with Gasteiger partial charge in [0.05, 0.1) is 11.3 Å². The van der Waals surface area contributed by atoms with E-state index in [2.05, 4.69) is 10.6 Å². The van der Waals surface area contributed by atoms with Crippen molar-refractivity contribution in [2.45, 2.75) is 13.8 Å². The average Bonchev–Trinajstić information content (AvgIpc) is 2.60. The molecule has 0 heterocycles. The van der Waals surface area contributed by atoms with Gasteiger partial charge in [0.25, 0.3) is 5.91 Å². The molecule has 3 rings (SSSR count). The molecule has 120 valence electrons. The Labute approximate surface area is 142 Å². The highest BCUT2D eigenvalue weighted by Crippen LogP contribution is 2.23. The number of carbonyl (C=O) groups is 1. The summed E-state index contributed by atoms with van der Waals surface area (Å²) in [4.78, 5) is 12.7. The average molecular weight is 316 g/mol. The lowest BCUT2D eigenvalue weighted by Crippen LogP contribution is -2.14. The minimum atomic E-state index is -0.122. The summed E-state index contributed by atoms with van der Waals surface area (Å²) in [7, 11) is 0. The number of rotatable bonds is 4. The second-order valence-electron chi connectivity index (χ2n) is 5.74. The number of amides is 1. The summed E-state index contributed by atoms with van der Waals surface area (Å²) in [5.74, 6) is -0.122. The first kappa shape index (κ1) is 15.8. The van der Waals surface area contributed by atoms with Crippen molar-refractivity contribution in [3.05, 3.63) is 89.5 Å². The summed E-state index contributed by atoms with van der Waals surface area (Å²) in [5.41, 5.74) is 5.43. The zero-order valence-corrected chi connectivity index (χ0v) is 13.8. The molecule has 24 heavy (non-hydrogen) atoms. The Morgan fingerprint density at radius 2 is 1.42 bits per heavy atom. The third-order valence-electron chi connectivity index (χ3n) is 4.08. The fourth-order valence-corrected chi connectivity index (χ4v) is 2.54. The summed E-state index contributed by atoms with van der Waals surface area (Å²) >= 11 is 0. The topological polar surface area (TPSA) is 41.1 Å². The smallest absolute Gasteiger partial charge is 0.257 e. The van der Waals surface area contributed by atoms with E-state index in [0.717, 1.165) is 28.2 Å². The highest BCUT2D eigenvalue weighted by Gasteiger charge is 2.12. The van der Waals surface area contributed by atoms with Crippen LogP contribution in [0.2, 0.25) is 0 Å². The minimum absolute atomic E-state index is 0.122. The van der Waals surface area contributed by atoms with Gasteiger partial charge in [0.2, 0.25) is 0 Å². The minimum Gasteiger partial charge on any atom is -0.355 e. The van der Waals surface area contributed by atoms with E-state index in [4.69, 9.17) is 0 Å². The molecule has 0 aliphatic rings. The van der Waals surface area contributed by atoms with E-state index in [1.807, 2.05) is 86.6 Å². The maximum atomic E-state index is 12.7. The molecule has 0 bridgehead atoms. The lowest BCUT2D eigenvalue weighted by Gasteiger charge is -2.14. The van der Waals surface area contributed by atoms with Crippen molar-refractivity contribution >= 4 is 23.0 Å². The van der Waals surface area contributed by atoms with Crippen LogP contribution in [0.1, 0.15) is 21.5 Å². The molecule has 0 spiro atoms. The highest BCUT2D eigenvalue weighted by atomic mass is 16.1. The van der Waals surface area contributed by atoms with Gasteiger partial charge in [0.1, 0.15) is 0 Å². The number of carbonyl (C=O) groups excluding carboxylic acids is 1. The van der Waals surface area contributed by atoms with Crippen LogP contribution in [0.5, 0.6) is 0 Å². The van der Waals surface area contributed by atoms with E-state index in [0.29, 0.717) is 5.56 Å². The Balaban J connectivity index is 1.86. The monoisotopic (exact) mass is 316 g/mol. The molecule has 3 aromatic carbocycles. The number of para-hydroxylation sites is 2. The van der Waals surface area contributed by atoms with Crippen LogP contribution in [-0.2, 0) is 0 Å². The van der Waals surface area contributed by atoms with Crippen LogP contribution in [0, 0.1) is 13.8 Å². The molecular formula is C21H20N2O. The van der Waals surface area contributed by atoms with E-state index in [-0.39, 0.29) is 5.91 Å². The third-order valence-corrected chi connectivity index (χ3v) is 4.08. The molecule has 0 unspecified atom stereocenters. The Hall–Kier alpha value is -3.07. The number of hydrogen-bond acceptors (Lipinski definition) is 2. The fraction of sp³-hybridized carbons (Fsp3) is 0.0952. The van der Waals surface area contributed by atoms with Crippen LogP contribution in [0.4, 0.5) is 17.1 Å². The van der Waals surface area contributed by atoms with Crippen molar-refractivity contribution in [2.24, 2.45) is 0 Å². The molecule has 0 aromatic heterocycles. The van der Waals surface area contributed by atoms with Crippen molar-refractivity contribution in [2.75, 3.05) is 10.6 Å². The number of anilines is 3. The largest absolute Gasteiger partial charge is 0.355 e. The van der Waals surface area contributed by atoms with Crippen LogP contribution < -0.4 is 10.6 Å². The second-order valence-corrected chi connectivity index (χ2v) is 5.74. The van der Waals surface area contributed by atoms with Gasteiger partial charge >= 0.3 is 0 Å². The summed E-state index contributed by atoms with van der Waals surface area (Å²) in [5, 5.41) is 6.32. The van der Waals surface area contributed by atoms with E-state index >= 15 is 0 Å². The molecule has 0 radical (unpaired) electrons. The molecule has 0 saturated heterocycles. The standard InChI is InChI=1S/C21H20N2O/c1-15-9-8-14-19(16(15)2)23-21(24)18-12-6-7-13-20(18)22-17-10-4-3-5-11-17/h3-14,22H,1-2H3,(H,23,24). The van der Waals surface area contributed by atoms with Gasteiger partial charge in [-0.15, -0.1) is 0 Å². The number of hydrogen-bond donors (Lipinski definition) is 2. The molecule has 0 atom stereocenters. The molecule has 3 heteroatoms. The van der Waals surface area contributed by atoms with Crippen LogP contribution >= 0.6 is 0 Å². The number of benzene rings is 3. The van der Waals surface area contributed by atoms with Crippen molar-refractivity contribution in [3.63, 3.8) is 0 Å². The summed E-state index contributed by atoms with van der Waals surface area (Å²) in [6, 6.07) is 23.3. The quantitative estimate of drug-likeness (QED) is 0.686. The first-order valence-corrected chi connectivity index (χ1v) is 7.94. The van der Waals surface area contributed by atoms with Crippen LogP contribution in [0.15, 0.2) is 72.8 Å². The van der Waals surface area contributed by atoms with Crippen molar-refractivity contribution in [1.29, 1.82) is 0 Å². The van der Waals surface area contributed by atoms with E-state index in [9.17, 15) is 4.79 Å². The van der Waals surface area contributed by atoms with Crippen LogP contribution in [0.25, 0.3) is 0 Å². The molecule has 0 saturated carbocycles. The fourth-order valence-electron chi connectivity index (χ4n) is 2.54. The summed E-state index contributed by atoms with van der Waals surface area (Å²) < 4.78 is 0. The molecule has 1 amide bonds. The van der Waals surface area contributed by atoms with Crippen molar-refractivity contribution < 1.29 is 4.79 Å². The Bertz CT molecular complexity index is 857. The molecule has 0 aliphatic heterocycles. The van der Waals surface area contributed by atoms with Gasteiger partial charge in [-0.3, -0.25) is 4.79 Å². The Morgan fingerprint density at radius 3 is 2.21 bits per heavy atom. The van der Waals surface area contributed by atoms with Crippen molar-refractivity contribution in [3.8, 4) is 0 Å². The number of aryl methyl sites for hydroxylation is 1. The van der Waals surface area contributed by atoms with Crippen molar-refractivity contribution in [1.82, 2.24) is 0 Å². The lowest BCUT2D eigenvalue weighted by molar-refractivity contribution is 0.102. The molecule has 2 N–H and O–H groups in total. The Kier molecular flexibility index (Phi) is 4.62. The normalized spacial score (nSPS) is 10.2. The molecule has 3 aromatic rings. The zero-order valence-electron chi connectivity index (χ0n) is 13.8. The summed E-state index contributed by atoms with van der Waals surface area (Å²) in [6.07, 6.45) is 0. The predicted molar refractivity (Wildman–Crippen MR) is 100 cm³/mol. The molecular weight excluding hydrogens is 296 g/mol. The van der Waals surface area contributed by atoms with Gasteiger partial charge in [-0.2, -0.15) is 0 Å². The van der Waals surface area contributed by atoms with Crippen LogP contribution in [-0.4, -0.2) is 5.91 Å². The maximum absolute atomic E-state index is 12.7. The van der Waals surface area contributed by atoms with Gasteiger partial charge in [-0.25, -0.2) is 0 Å². The molecule has 0 fully saturated rings. The first-order valence-electron chi connectivity index (χ1n) is 7.94. The predicted octanol–water partition coefficient (Wildman–Crippen LogP) is 5.30. The molecule has 0 aliphatic carbocycles. The number of nitrogens with one attached hydrogen (secondary N) is 2. The van der Waals surface area contributed by atoms with Gasteiger partial charge in [0, 0.05) is 11.4 Å². The third kappa shape index (κ3) is 3.46. The van der Waals surface area contributed by atoms with E-state index < -0.39 is 0 Å². The van der Waals surface area contributed by atoms with Gasteiger partial charge in [-0.05, 0) is 55.3 Å². The lowest BCUT2D eigenvalue weighted by atomic mass is 10.1. The van der Waals surface area contributed by atoms with Gasteiger partial charge in [0.15, 0.2) is 0 Å². The van der Waals surface area contributed by atoms with Gasteiger partial charge < -0.3 is 10.6 Å². The molecule has 3 nitrogen and oxygen atoms in total. The van der Waals surface area contributed by atoms with Gasteiger partial charge in [-0.1, -0.05) is 42.5 Å². The van der Waals surface area contributed by atoms with Crippen LogP contribution in [0.3, 0.4) is 0 Å². The highest BCUT2D eigenvalue weighted by molar-refractivity contribution is 6.08. The Morgan fingerprint density at radius 1 is 0.750 bits per heavy atom. The SMILES string of the molecule is Cc1cccc(NC(=O)c2ccccc2Nc2ccccc2)c1C. The second kappa shape index (κ2) is 7.01. The maximum Gasteiger partial charge on any atom is 0.257 e. The van der Waals surface area contributed by atoms with E-state index in [1.54, 1.807) is 0 Å². The first-order chi connectivity index (χ1) is 11.6. The zero-order chi connectivity index (χ0) is 16.9. The summed E-state index contributed by atoms with van der Waals surface area (Å²) in [6.45, 7) is 4.05.